The third-order valence-electron chi connectivity index (χ3n) is 3.47. The third kappa shape index (κ3) is 2.76. The van der Waals surface area contributed by atoms with Crippen LogP contribution in [-0.2, 0) is 11.3 Å². The van der Waals surface area contributed by atoms with E-state index in [-0.39, 0.29) is 17.9 Å². The molecule has 19 heavy (non-hydrogen) atoms. The molecule has 1 fully saturated rings. The summed E-state index contributed by atoms with van der Waals surface area (Å²) in [6.45, 7) is 1.03. The molecule has 5 heteroatoms. The van der Waals surface area contributed by atoms with Crippen molar-refractivity contribution in [2.75, 3.05) is 13.6 Å². The molecule has 2 rings (SSSR count). The Labute approximate surface area is 112 Å². The van der Waals surface area contributed by atoms with E-state index >= 15 is 0 Å². The SMILES string of the molecule is CNC(=O)C1CCCN1C(=O)c1cccc(CN)c1. The van der Waals surface area contributed by atoms with Gasteiger partial charge in [-0.3, -0.25) is 9.59 Å². The van der Waals surface area contributed by atoms with E-state index in [1.165, 1.54) is 0 Å². The lowest BCUT2D eigenvalue weighted by atomic mass is 10.1. The fourth-order valence-corrected chi connectivity index (χ4v) is 2.45. The first-order valence-electron chi connectivity index (χ1n) is 6.49. The largest absolute Gasteiger partial charge is 0.357 e. The Bertz CT molecular complexity index is 487. The highest BCUT2D eigenvalue weighted by Gasteiger charge is 2.33. The number of nitrogens with two attached hydrogens (primary N) is 1. The van der Waals surface area contributed by atoms with Gasteiger partial charge in [0.1, 0.15) is 6.04 Å². The molecule has 0 bridgehead atoms. The maximum atomic E-state index is 12.5. The van der Waals surface area contributed by atoms with E-state index < -0.39 is 0 Å². The van der Waals surface area contributed by atoms with E-state index in [1.54, 1.807) is 24.1 Å². The van der Waals surface area contributed by atoms with Crippen LogP contribution in [0.25, 0.3) is 0 Å². The summed E-state index contributed by atoms with van der Waals surface area (Å²) >= 11 is 0. The highest BCUT2D eigenvalue weighted by atomic mass is 16.2. The van der Waals surface area contributed by atoms with Crippen molar-refractivity contribution in [1.82, 2.24) is 10.2 Å². The van der Waals surface area contributed by atoms with Crippen LogP contribution in [0.1, 0.15) is 28.8 Å². The summed E-state index contributed by atoms with van der Waals surface area (Å²) in [6, 6.07) is 6.92. The number of carbonyl (C=O) groups excluding carboxylic acids is 2. The lowest BCUT2D eigenvalue weighted by Crippen LogP contribution is -2.44. The molecular formula is C14H19N3O2. The molecule has 0 spiro atoms. The van der Waals surface area contributed by atoms with Crippen LogP contribution in [0.4, 0.5) is 0 Å². The Kier molecular flexibility index (Phi) is 4.16. The minimum absolute atomic E-state index is 0.0959. The Balaban J connectivity index is 2.20. The molecule has 0 saturated carbocycles. The third-order valence-corrected chi connectivity index (χ3v) is 3.47. The number of rotatable bonds is 3. The molecule has 1 aliphatic heterocycles. The van der Waals surface area contributed by atoms with Crippen LogP contribution >= 0.6 is 0 Å². The summed E-state index contributed by atoms with van der Waals surface area (Å²) in [7, 11) is 1.60. The maximum absolute atomic E-state index is 12.5. The van der Waals surface area contributed by atoms with Crippen molar-refractivity contribution < 1.29 is 9.59 Å². The predicted molar refractivity (Wildman–Crippen MR) is 72.5 cm³/mol. The van der Waals surface area contributed by atoms with E-state index in [0.29, 0.717) is 18.7 Å². The zero-order valence-corrected chi connectivity index (χ0v) is 11.1. The van der Waals surface area contributed by atoms with Gasteiger partial charge in [-0.2, -0.15) is 0 Å². The molecule has 3 N–H and O–H groups in total. The van der Waals surface area contributed by atoms with Crippen molar-refractivity contribution in [3.8, 4) is 0 Å². The molecule has 0 aromatic heterocycles. The molecule has 1 saturated heterocycles. The fraction of sp³-hybridized carbons (Fsp3) is 0.429. The smallest absolute Gasteiger partial charge is 0.254 e. The first-order chi connectivity index (χ1) is 9.17. The average molecular weight is 261 g/mol. The van der Waals surface area contributed by atoms with Gasteiger partial charge in [0.2, 0.25) is 5.91 Å². The lowest BCUT2D eigenvalue weighted by molar-refractivity contribution is -0.124. The monoisotopic (exact) mass is 261 g/mol. The van der Waals surface area contributed by atoms with E-state index in [4.69, 9.17) is 5.73 Å². The maximum Gasteiger partial charge on any atom is 0.254 e. The van der Waals surface area contributed by atoms with E-state index in [1.807, 2.05) is 12.1 Å². The van der Waals surface area contributed by atoms with Crippen LogP contribution in [0.15, 0.2) is 24.3 Å². The quantitative estimate of drug-likeness (QED) is 0.831. The number of carbonyl (C=O) groups is 2. The molecule has 1 aromatic carbocycles. The number of likely N-dealkylation sites (tertiary alicyclic amines) is 1. The van der Waals surface area contributed by atoms with Crippen LogP contribution in [0.2, 0.25) is 0 Å². The number of hydrogen-bond acceptors (Lipinski definition) is 3. The van der Waals surface area contributed by atoms with Gasteiger partial charge in [0.25, 0.3) is 5.91 Å². The van der Waals surface area contributed by atoms with Crippen LogP contribution in [0.3, 0.4) is 0 Å². The zero-order chi connectivity index (χ0) is 13.8. The van der Waals surface area contributed by atoms with Crippen molar-refractivity contribution in [3.63, 3.8) is 0 Å². The van der Waals surface area contributed by atoms with Crippen LogP contribution < -0.4 is 11.1 Å². The Hall–Kier alpha value is -1.88. The number of amides is 2. The van der Waals surface area contributed by atoms with E-state index in [0.717, 1.165) is 18.4 Å². The normalized spacial score (nSPS) is 18.4. The molecule has 1 aromatic rings. The second-order valence-corrected chi connectivity index (χ2v) is 4.68. The summed E-state index contributed by atoms with van der Waals surface area (Å²) in [5, 5.41) is 2.61. The number of benzene rings is 1. The van der Waals surface area contributed by atoms with Gasteiger partial charge >= 0.3 is 0 Å². The molecule has 1 unspecified atom stereocenters. The Morgan fingerprint density at radius 2 is 2.26 bits per heavy atom. The molecule has 102 valence electrons. The van der Waals surface area contributed by atoms with Gasteiger partial charge in [-0.25, -0.2) is 0 Å². The molecule has 0 aliphatic carbocycles. The summed E-state index contributed by atoms with van der Waals surface area (Å²) in [4.78, 5) is 25.9. The van der Waals surface area contributed by atoms with Crippen molar-refractivity contribution in [3.05, 3.63) is 35.4 Å². The van der Waals surface area contributed by atoms with Crippen LogP contribution in [-0.4, -0.2) is 36.3 Å². The molecule has 0 radical (unpaired) electrons. The van der Waals surface area contributed by atoms with Gasteiger partial charge < -0.3 is 16.0 Å². The summed E-state index contributed by atoms with van der Waals surface area (Å²) in [5.74, 6) is -0.192. The van der Waals surface area contributed by atoms with Crippen LogP contribution in [0, 0.1) is 0 Å². The van der Waals surface area contributed by atoms with Crippen molar-refractivity contribution in [2.45, 2.75) is 25.4 Å². The Morgan fingerprint density at radius 1 is 1.47 bits per heavy atom. The molecule has 1 heterocycles. The Morgan fingerprint density at radius 3 is 2.95 bits per heavy atom. The van der Waals surface area contributed by atoms with Gasteiger partial charge in [-0.15, -0.1) is 0 Å². The van der Waals surface area contributed by atoms with Crippen molar-refractivity contribution >= 4 is 11.8 Å². The summed E-state index contributed by atoms with van der Waals surface area (Å²) < 4.78 is 0. The minimum atomic E-state index is -0.348. The number of nitrogens with zero attached hydrogens (tertiary/aromatic N) is 1. The zero-order valence-electron chi connectivity index (χ0n) is 11.1. The summed E-state index contributed by atoms with van der Waals surface area (Å²) in [6.07, 6.45) is 1.59. The van der Waals surface area contributed by atoms with Gasteiger partial charge in [-0.1, -0.05) is 12.1 Å². The second kappa shape index (κ2) is 5.84. The van der Waals surface area contributed by atoms with Crippen LogP contribution in [0.5, 0.6) is 0 Å². The topological polar surface area (TPSA) is 75.4 Å². The van der Waals surface area contributed by atoms with Gasteiger partial charge in [0.05, 0.1) is 0 Å². The average Bonchev–Trinajstić information content (AvgIpc) is 2.95. The minimum Gasteiger partial charge on any atom is -0.357 e. The first-order valence-corrected chi connectivity index (χ1v) is 6.49. The van der Waals surface area contributed by atoms with Gasteiger partial charge in [0.15, 0.2) is 0 Å². The summed E-state index contributed by atoms with van der Waals surface area (Å²) in [5.41, 5.74) is 7.09. The number of likely N-dealkylation sites (N-methyl/N-ethyl adjacent to an activating group) is 1. The standard InChI is InChI=1S/C14H19N3O2/c1-16-13(18)12-6-3-7-17(12)14(19)11-5-2-4-10(8-11)9-15/h2,4-5,8,12H,3,6-7,9,15H2,1H3,(H,16,18). The first kappa shape index (κ1) is 13.5. The number of nitrogens with one attached hydrogen (secondary N) is 1. The predicted octanol–water partition coefficient (Wildman–Crippen LogP) is 0.496. The molecule has 5 nitrogen and oxygen atoms in total. The fourth-order valence-electron chi connectivity index (χ4n) is 2.45. The second-order valence-electron chi connectivity index (χ2n) is 4.68. The molecule has 1 aliphatic rings. The van der Waals surface area contributed by atoms with Crippen molar-refractivity contribution in [1.29, 1.82) is 0 Å². The highest BCUT2D eigenvalue weighted by molar-refractivity contribution is 5.98. The molecule has 2 amide bonds. The molecule has 1 atom stereocenters. The lowest BCUT2D eigenvalue weighted by Gasteiger charge is -2.23. The van der Waals surface area contributed by atoms with Gasteiger partial charge in [0, 0.05) is 25.7 Å². The van der Waals surface area contributed by atoms with Gasteiger partial charge in [-0.05, 0) is 30.5 Å². The number of hydrogen-bond donors (Lipinski definition) is 2. The molecular weight excluding hydrogens is 242 g/mol. The van der Waals surface area contributed by atoms with Crippen molar-refractivity contribution in [2.24, 2.45) is 5.73 Å². The van der Waals surface area contributed by atoms with E-state index in [2.05, 4.69) is 5.32 Å². The van der Waals surface area contributed by atoms with E-state index in [9.17, 15) is 9.59 Å². The highest BCUT2D eigenvalue weighted by Crippen LogP contribution is 2.20.